The lowest BCUT2D eigenvalue weighted by atomic mass is 9.76. The van der Waals surface area contributed by atoms with E-state index in [9.17, 15) is 4.79 Å². The molecule has 2 aromatic rings. The van der Waals surface area contributed by atoms with E-state index in [0.717, 1.165) is 17.9 Å². The van der Waals surface area contributed by atoms with Crippen LogP contribution in [0.25, 0.3) is 0 Å². The van der Waals surface area contributed by atoms with Crippen molar-refractivity contribution in [2.75, 3.05) is 19.0 Å². The highest BCUT2D eigenvalue weighted by Gasteiger charge is 2.39. The first-order valence-electron chi connectivity index (χ1n) is 9.24. The number of hydrogen-bond acceptors (Lipinski definition) is 3. The molecule has 2 aliphatic rings. The summed E-state index contributed by atoms with van der Waals surface area (Å²) >= 11 is 0. The second-order valence-electron chi connectivity index (χ2n) is 6.83. The SMILES string of the molecule is CCOc1ccc(C2Nc3c(C(=O)NC)cccc3C3C=CCC32)cc1. The molecule has 0 saturated heterocycles. The number of nitrogens with one attached hydrogen (secondary N) is 2. The minimum Gasteiger partial charge on any atom is -0.494 e. The van der Waals surface area contributed by atoms with Crippen molar-refractivity contribution in [3.63, 3.8) is 0 Å². The van der Waals surface area contributed by atoms with Gasteiger partial charge in [-0.05, 0) is 48.6 Å². The molecule has 0 bridgehead atoms. The number of anilines is 1. The summed E-state index contributed by atoms with van der Waals surface area (Å²) in [6.45, 7) is 2.65. The fraction of sp³-hybridized carbons (Fsp3) is 0.318. The van der Waals surface area contributed by atoms with Crippen LogP contribution in [-0.4, -0.2) is 19.6 Å². The molecule has 3 atom stereocenters. The van der Waals surface area contributed by atoms with E-state index in [2.05, 4.69) is 41.0 Å². The number of carbonyl (C=O) groups excluding carboxylic acids is 1. The normalized spacial score (nSPS) is 22.9. The van der Waals surface area contributed by atoms with Crippen LogP contribution in [0.3, 0.4) is 0 Å². The summed E-state index contributed by atoms with van der Waals surface area (Å²) in [5, 5.41) is 6.43. The van der Waals surface area contributed by atoms with E-state index in [1.807, 2.05) is 31.2 Å². The Bertz CT molecular complexity index is 842. The molecule has 26 heavy (non-hydrogen) atoms. The van der Waals surface area contributed by atoms with Gasteiger partial charge in [-0.15, -0.1) is 0 Å². The van der Waals surface area contributed by atoms with E-state index < -0.39 is 0 Å². The topological polar surface area (TPSA) is 50.4 Å². The molecule has 4 heteroatoms. The third-order valence-corrected chi connectivity index (χ3v) is 5.42. The molecule has 0 spiro atoms. The second-order valence-corrected chi connectivity index (χ2v) is 6.83. The summed E-state index contributed by atoms with van der Waals surface area (Å²) < 4.78 is 5.57. The standard InChI is InChI=1S/C22H24N2O2/c1-3-26-15-12-10-14(11-13-15)20-17-7-4-6-16(17)18-8-5-9-19(21(18)24-20)22(25)23-2/h4-6,8-13,16-17,20,24H,3,7H2,1-2H3,(H,23,25). The molecule has 0 saturated carbocycles. The number of allylic oxidation sites excluding steroid dienone is 2. The first-order chi connectivity index (χ1) is 12.7. The fourth-order valence-corrected chi connectivity index (χ4v) is 4.21. The smallest absolute Gasteiger partial charge is 0.253 e. The molecule has 1 heterocycles. The van der Waals surface area contributed by atoms with Gasteiger partial charge in [0.15, 0.2) is 0 Å². The maximum Gasteiger partial charge on any atom is 0.253 e. The molecule has 4 rings (SSSR count). The van der Waals surface area contributed by atoms with Gasteiger partial charge in [-0.25, -0.2) is 0 Å². The predicted octanol–water partition coefficient (Wildman–Crippen LogP) is 4.27. The van der Waals surface area contributed by atoms with Gasteiger partial charge in [0.2, 0.25) is 0 Å². The quantitative estimate of drug-likeness (QED) is 0.811. The summed E-state index contributed by atoms with van der Waals surface area (Å²) in [4.78, 5) is 12.4. The molecular weight excluding hydrogens is 324 g/mol. The molecule has 3 unspecified atom stereocenters. The fourth-order valence-electron chi connectivity index (χ4n) is 4.21. The highest BCUT2D eigenvalue weighted by atomic mass is 16.5. The molecule has 0 radical (unpaired) electrons. The van der Waals surface area contributed by atoms with Gasteiger partial charge in [0.1, 0.15) is 5.75 Å². The average Bonchev–Trinajstić information content (AvgIpc) is 3.17. The van der Waals surface area contributed by atoms with Gasteiger partial charge in [-0.1, -0.05) is 36.4 Å². The number of rotatable bonds is 4. The van der Waals surface area contributed by atoms with Crippen molar-refractivity contribution in [3.05, 3.63) is 71.3 Å². The Morgan fingerprint density at radius 3 is 2.77 bits per heavy atom. The Morgan fingerprint density at radius 1 is 1.23 bits per heavy atom. The van der Waals surface area contributed by atoms with Crippen molar-refractivity contribution in [2.24, 2.45) is 5.92 Å². The van der Waals surface area contributed by atoms with Gasteiger partial charge in [-0.3, -0.25) is 4.79 Å². The first kappa shape index (κ1) is 16.7. The lowest BCUT2D eigenvalue weighted by molar-refractivity contribution is 0.0963. The number of benzene rings is 2. The largest absolute Gasteiger partial charge is 0.494 e. The van der Waals surface area contributed by atoms with E-state index in [4.69, 9.17) is 4.74 Å². The maximum atomic E-state index is 12.4. The van der Waals surface area contributed by atoms with Gasteiger partial charge < -0.3 is 15.4 Å². The molecule has 1 aliphatic carbocycles. The van der Waals surface area contributed by atoms with Crippen molar-refractivity contribution < 1.29 is 9.53 Å². The average molecular weight is 348 g/mol. The Labute approximate surface area is 154 Å². The third kappa shape index (κ3) is 2.75. The van der Waals surface area contributed by atoms with E-state index >= 15 is 0 Å². The van der Waals surface area contributed by atoms with Crippen LogP contribution in [-0.2, 0) is 0 Å². The van der Waals surface area contributed by atoms with Gasteiger partial charge in [-0.2, -0.15) is 0 Å². The Hall–Kier alpha value is -2.75. The van der Waals surface area contributed by atoms with Crippen LogP contribution in [0.2, 0.25) is 0 Å². The highest BCUT2D eigenvalue weighted by molar-refractivity contribution is 6.00. The molecule has 1 amide bonds. The minimum atomic E-state index is -0.0554. The number of fused-ring (bicyclic) bond motifs is 3. The van der Waals surface area contributed by atoms with Crippen LogP contribution in [0.15, 0.2) is 54.6 Å². The lowest BCUT2D eigenvalue weighted by Gasteiger charge is -2.38. The summed E-state index contributed by atoms with van der Waals surface area (Å²) in [6, 6.07) is 14.5. The number of amides is 1. The van der Waals surface area contributed by atoms with Crippen molar-refractivity contribution >= 4 is 11.6 Å². The summed E-state index contributed by atoms with van der Waals surface area (Å²) in [7, 11) is 1.67. The van der Waals surface area contributed by atoms with E-state index in [-0.39, 0.29) is 11.9 Å². The van der Waals surface area contributed by atoms with Crippen LogP contribution < -0.4 is 15.4 Å². The second kappa shape index (κ2) is 6.87. The summed E-state index contributed by atoms with van der Waals surface area (Å²) in [5.41, 5.74) is 4.11. The van der Waals surface area contributed by atoms with Crippen LogP contribution in [0, 0.1) is 5.92 Å². The zero-order valence-corrected chi connectivity index (χ0v) is 15.2. The lowest BCUT2D eigenvalue weighted by Crippen LogP contribution is -2.31. The van der Waals surface area contributed by atoms with Gasteiger partial charge >= 0.3 is 0 Å². The van der Waals surface area contributed by atoms with Crippen molar-refractivity contribution in [1.82, 2.24) is 5.32 Å². The van der Waals surface area contributed by atoms with Crippen LogP contribution in [0.1, 0.15) is 46.8 Å². The van der Waals surface area contributed by atoms with Crippen LogP contribution >= 0.6 is 0 Å². The zero-order chi connectivity index (χ0) is 18.1. The highest BCUT2D eigenvalue weighted by Crippen LogP contribution is 2.50. The third-order valence-electron chi connectivity index (χ3n) is 5.42. The van der Waals surface area contributed by atoms with Crippen molar-refractivity contribution in [2.45, 2.75) is 25.3 Å². The molecule has 2 aromatic carbocycles. The van der Waals surface area contributed by atoms with Gasteiger partial charge in [0.25, 0.3) is 5.91 Å². The molecule has 0 aromatic heterocycles. The molecule has 2 N–H and O–H groups in total. The Kier molecular flexibility index (Phi) is 4.41. The maximum absolute atomic E-state index is 12.4. The van der Waals surface area contributed by atoms with E-state index in [1.165, 1.54) is 11.1 Å². The van der Waals surface area contributed by atoms with E-state index in [0.29, 0.717) is 24.0 Å². The Morgan fingerprint density at radius 2 is 2.04 bits per heavy atom. The minimum absolute atomic E-state index is 0.0554. The number of ether oxygens (including phenoxy) is 1. The molecule has 134 valence electrons. The number of hydrogen-bond donors (Lipinski definition) is 2. The number of para-hydroxylation sites is 1. The number of carbonyl (C=O) groups is 1. The molecule has 1 aliphatic heterocycles. The summed E-state index contributed by atoms with van der Waals surface area (Å²) in [5.74, 6) is 1.63. The van der Waals surface area contributed by atoms with Crippen LogP contribution in [0.4, 0.5) is 5.69 Å². The van der Waals surface area contributed by atoms with E-state index in [1.54, 1.807) is 7.05 Å². The van der Waals surface area contributed by atoms with Gasteiger partial charge in [0, 0.05) is 13.0 Å². The summed E-state index contributed by atoms with van der Waals surface area (Å²) in [6.07, 6.45) is 5.60. The van der Waals surface area contributed by atoms with Crippen molar-refractivity contribution in [3.8, 4) is 5.75 Å². The monoisotopic (exact) mass is 348 g/mol. The van der Waals surface area contributed by atoms with Crippen LogP contribution in [0.5, 0.6) is 5.75 Å². The Balaban J connectivity index is 1.74. The van der Waals surface area contributed by atoms with Gasteiger partial charge in [0.05, 0.1) is 23.9 Å². The first-order valence-corrected chi connectivity index (χ1v) is 9.24. The molecular formula is C22H24N2O2. The zero-order valence-electron chi connectivity index (χ0n) is 15.2. The molecule has 0 fully saturated rings. The predicted molar refractivity (Wildman–Crippen MR) is 104 cm³/mol. The molecule has 4 nitrogen and oxygen atoms in total. The van der Waals surface area contributed by atoms with Crippen molar-refractivity contribution in [1.29, 1.82) is 0 Å².